The average Bonchev–Trinajstić information content (AvgIpc) is 2.73. The number of halogens is 1. The topological polar surface area (TPSA) is 67.8 Å². The van der Waals surface area contributed by atoms with Crippen LogP contribution in [0.4, 0.5) is 0 Å². The maximum atomic E-state index is 12.3. The Hall–Kier alpha value is -3.18. The lowest BCUT2D eigenvalue weighted by atomic mass is 10.1. The van der Waals surface area contributed by atoms with Crippen molar-refractivity contribution in [2.75, 3.05) is 7.11 Å². The minimum absolute atomic E-state index is 0.121. The number of benzene rings is 3. The summed E-state index contributed by atoms with van der Waals surface area (Å²) in [7, 11) is 1.57. The fourth-order valence-corrected chi connectivity index (χ4v) is 2.82. The third-order valence-corrected chi connectivity index (χ3v) is 4.36. The highest BCUT2D eigenvalue weighted by molar-refractivity contribution is 6.31. The van der Waals surface area contributed by atoms with E-state index in [0.29, 0.717) is 23.1 Å². The van der Waals surface area contributed by atoms with Gasteiger partial charge < -0.3 is 19.9 Å². The van der Waals surface area contributed by atoms with Crippen molar-refractivity contribution in [1.29, 1.82) is 0 Å². The molecular formula is C22H20ClNO4. The van der Waals surface area contributed by atoms with Crippen molar-refractivity contribution in [3.05, 3.63) is 88.4 Å². The molecule has 1 amide bonds. The lowest BCUT2D eigenvalue weighted by Crippen LogP contribution is -2.22. The zero-order valence-corrected chi connectivity index (χ0v) is 16.1. The number of carbonyl (C=O) groups is 1. The predicted octanol–water partition coefficient (Wildman–Crippen LogP) is 4.56. The van der Waals surface area contributed by atoms with E-state index in [1.165, 1.54) is 18.2 Å². The first-order chi connectivity index (χ1) is 13.6. The average molecular weight is 398 g/mol. The molecule has 2 N–H and O–H groups in total. The minimum atomic E-state index is -0.414. The van der Waals surface area contributed by atoms with E-state index in [4.69, 9.17) is 21.1 Å². The lowest BCUT2D eigenvalue weighted by molar-refractivity contribution is 0.0948. The second kappa shape index (κ2) is 9.15. The monoisotopic (exact) mass is 397 g/mol. The van der Waals surface area contributed by atoms with Crippen molar-refractivity contribution in [1.82, 2.24) is 5.32 Å². The Morgan fingerprint density at radius 3 is 2.54 bits per heavy atom. The van der Waals surface area contributed by atoms with Gasteiger partial charge in [-0.05, 0) is 41.5 Å². The number of methoxy groups -OCH3 is 1. The number of carbonyl (C=O) groups excluding carboxylic acids is 1. The predicted molar refractivity (Wildman–Crippen MR) is 108 cm³/mol. The Bertz CT molecular complexity index is 960. The van der Waals surface area contributed by atoms with Gasteiger partial charge in [0.15, 0.2) is 11.5 Å². The number of nitrogens with one attached hydrogen (secondary N) is 1. The standard InChI is InChI=1S/C22H20ClNO4/c1-27-21-11-16(7-10-20(21)28-14-15-5-3-2-4-6-15)13-24-22(26)18-12-17(23)8-9-19(18)25/h2-12,25H,13-14H2,1H3,(H,24,26). The largest absolute Gasteiger partial charge is 0.507 e. The SMILES string of the molecule is COc1cc(CNC(=O)c2cc(Cl)ccc2O)ccc1OCc1ccccc1. The third kappa shape index (κ3) is 4.96. The molecule has 28 heavy (non-hydrogen) atoms. The van der Waals surface area contributed by atoms with Crippen LogP contribution in [0.3, 0.4) is 0 Å². The zero-order valence-electron chi connectivity index (χ0n) is 15.3. The number of rotatable bonds is 7. The number of hydrogen-bond acceptors (Lipinski definition) is 4. The Balaban J connectivity index is 1.64. The first kappa shape index (κ1) is 19.6. The van der Waals surface area contributed by atoms with Crippen LogP contribution in [0.25, 0.3) is 0 Å². The van der Waals surface area contributed by atoms with Gasteiger partial charge in [0, 0.05) is 11.6 Å². The molecule has 0 spiro atoms. The molecule has 3 rings (SSSR count). The Labute approximate surface area is 168 Å². The van der Waals surface area contributed by atoms with Gasteiger partial charge in [-0.1, -0.05) is 48.0 Å². The third-order valence-electron chi connectivity index (χ3n) is 4.12. The van der Waals surface area contributed by atoms with E-state index in [1.54, 1.807) is 19.2 Å². The van der Waals surface area contributed by atoms with E-state index in [2.05, 4.69) is 5.32 Å². The van der Waals surface area contributed by atoms with E-state index in [-0.39, 0.29) is 17.9 Å². The van der Waals surface area contributed by atoms with Gasteiger partial charge in [-0.3, -0.25) is 4.79 Å². The molecule has 5 nitrogen and oxygen atoms in total. The van der Waals surface area contributed by atoms with Gasteiger partial charge in [0.2, 0.25) is 0 Å². The Morgan fingerprint density at radius 2 is 1.79 bits per heavy atom. The highest BCUT2D eigenvalue weighted by Crippen LogP contribution is 2.29. The van der Waals surface area contributed by atoms with Gasteiger partial charge in [-0.2, -0.15) is 0 Å². The van der Waals surface area contributed by atoms with Crippen molar-refractivity contribution < 1.29 is 19.4 Å². The molecule has 0 heterocycles. The summed E-state index contributed by atoms with van der Waals surface area (Å²) in [5.41, 5.74) is 2.02. The highest BCUT2D eigenvalue weighted by atomic mass is 35.5. The van der Waals surface area contributed by atoms with E-state index in [0.717, 1.165) is 11.1 Å². The van der Waals surface area contributed by atoms with Gasteiger partial charge in [-0.25, -0.2) is 0 Å². The van der Waals surface area contributed by atoms with E-state index >= 15 is 0 Å². The molecule has 0 aliphatic heterocycles. The smallest absolute Gasteiger partial charge is 0.255 e. The molecule has 0 radical (unpaired) electrons. The Kier molecular flexibility index (Phi) is 6.40. The second-order valence-electron chi connectivity index (χ2n) is 6.10. The summed E-state index contributed by atoms with van der Waals surface area (Å²) in [6, 6.07) is 19.6. The zero-order chi connectivity index (χ0) is 19.9. The molecule has 144 valence electrons. The molecule has 0 unspecified atom stereocenters. The molecule has 6 heteroatoms. The fourth-order valence-electron chi connectivity index (χ4n) is 2.64. The van der Waals surface area contributed by atoms with Crippen molar-refractivity contribution in [3.63, 3.8) is 0 Å². The molecule has 0 bridgehead atoms. The quantitative estimate of drug-likeness (QED) is 0.613. The number of amides is 1. The number of hydrogen-bond donors (Lipinski definition) is 2. The number of aromatic hydroxyl groups is 1. The van der Waals surface area contributed by atoms with Crippen LogP contribution >= 0.6 is 11.6 Å². The van der Waals surface area contributed by atoms with Gasteiger partial charge in [-0.15, -0.1) is 0 Å². The maximum absolute atomic E-state index is 12.3. The van der Waals surface area contributed by atoms with E-state index in [1.807, 2.05) is 36.4 Å². The van der Waals surface area contributed by atoms with Crippen LogP contribution in [0.1, 0.15) is 21.5 Å². The summed E-state index contributed by atoms with van der Waals surface area (Å²) in [5, 5.41) is 13.0. The maximum Gasteiger partial charge on any atom is 0.255 e. The number of phenolic OH excluding ortho intramolecular Hbond substituents is 1. The molecule has 0 saturated heterocycles. The van der Waals surface area contributed by atoms with Gasteiger partial charge in [0.25, 0.3) is 5.91 Å². The van der Waals surface area contributed by atoms with Gasteiger partial charge in [0.05, 0.1) is 12.7 Å². The molecule has 0 aliphatic carbocycles. The van der Waals surface area contributed by atoms with Crippen LogP contribution in [0.5, 0.6) is 17.2 Å². The molecule has 0 fully saturated rings. The molecule has 0 aromatic heterocycles. The number of phenols is 1. The Morgan fingerprint density at radius 1 is 1.00 bits per heavy atom. The first-order valence-corrected chi connectivity index (χ1v) is 9.05. The van der Waals surface area contributed by atoms with Crippen LogP contribution < -0.4 is 14.8 Å². The minimum Gasteiger partial charge on any atom is -0.507 e. The van der Waals surface area contributed by atoms with E-state index in [9.17, 15) is 9.90 Å². The summed E-state index contributed by atoms with van der Waals surface area (Å²) in [5.74, 6) is 0.662. The van der Waals surface area contributed by atoms with Crippen LogP contribution in [0, 0.1) is 0 Å². The molecule has 0 aliphatic rings. The molecule has 0 saturated carbocycles. The summed E-state index contributed by atoms with van der Waals surface area (Å²) >= 11 is 5.89. The summed E-state index contributed by atoms with van der Waals surface area (Å²) < 4.78 is 11.2. The lowest BCUT2D eigenvalue weighted by Gasteiger charge is -2.13. The van der Waals surface area contributed by atoms with Crippen LogP contribution in [0.15, 0.2) is 66.7 Å². The molecular weight excluding hydrogens is 378 g/mol. The summed E-state index contributed by atoms with van der Waals surface area (Å²) in [6.45, 7) is 0.696. The van der Waals surface area contributed by atoms with Crippen molar-refractivity contribution in [3.8, 4) is 17.2 Å². The van der Waals surface area contributed by atoms with Crippen LogP contribution in [-0.2, 0) is 13.2 Å². The normalized spacial score (nSPS) is 10.4. The van der Waals surface area contributed by atoms with Crippen molar-refractivity contribution >= 4 is 17.5 Å². The van der Waals surface area contributed by atoms with E-state index < -0.39 is 5.91 Å². The fraction of sp³-hybridized carbons (Fsp3) is 0.136. The molecule has 3 aromatic rings. The summed E-state index contributed by atoms with van der Waals surface area (Å²) in [6.07, 6.45) is 0. The highest BCUT2D eigenvalue weighted by Gasteiger charge is 2.12. The summed E-state index contributed by atoms with van der Waals surface area (Å²) in [4.78, 5) is 12.3. The van der Waals surface area contributed by atoms with Gasteiger partial charge >= 0.3 is 0 Å². The molecule has 3 aromatic carbocycles. The van der Waals surface area contributed by atoms with Crippen LogP contribution in [-0.4, -0.2) is 18.1 Å². The van der Waals surface area contributed by atoms with Crippen molar-refractivity contribution in [2.24, 2.45) is 0 Å². The van der Waals surface area contributed by atoms with Crippen molar-refractivity contribution in [2.45, 2.75) is 13.2 Å². The van der Waals surface area contributed by atoms with Crippen LogP contribution in [0.2, 0.25) is 5.02 Å². The van der Waals surface area contributed by atoms with Gasteiger partial charge in [0.1, 0.15) is 12.4 Å². The number of ether oxygens (including phenoxy) is 2. The second-order valence-corrected chi connectivity index (χ2v) is 6.54. The molecule has 0 atom stereocenters. The first-order valence-electron chi connectivity index (χ1n) is 8.67.